The fourth-order valence-electron chi connectivity index (χ4n) is 4.61. The molecule has 0 aliphatic carbocycles. The lowest BCUT2D eigenvalue weighted by Crippen LogP contribution is -2.17. The van der Waals surface area contributed by atoms with Crippen molar-refractivity contribution in [3.05, 3.63) is 91.5 Å². The van der Waals surface area contributed by atoms with Crippen LogP contribution in [0.15, 0.2) is 75.2 Å². The molecule has 0 saturated heterocycles. The Morgan fingerprint density at radius 3 is 2.30 bits per heavy atom. The fourth-order valence-corrected chi connectivity index (χ4v) is 5.34. The minimum absolute atomic E-state index is 0.00642. The first-order chi connectivity index (χ1) is 21.3. The Balaban J connectivity index is 1.41. The van der Waals surface area contributed by atoms with Gasteiger partial charge in [0.2, 0.25) is 17.1 Å². The summed E-state index contributed by atoms with van der Waals surface area (Å²) in [6.07, 6.45) is 0. The highest BCUT2D eigenvalue weighted by Gasteiger charge is 2.22. The van der Waals surface area contributed by atoms with Crippen LogP contribution in [0.5, 0.6) is 34.6 Å². The molecule has 0 bridgehead atoms. The van der Waals surface area contributed by atoms with Gasteiger partial charge in [0.05, 0.1) is 33.3 Å². The molecule has 12 heteroatoms. The van der Waals surface area contributed by atoms with E-state index in [-0.39, 0.29) is 45.6 Å². The third-order valence-corrected chi connectivity index (χ3v) is 7.74. The fraction of sp³-hybridized carbons (Fsp3) is 0.188. The summed E-state index contributed by atoms with van der Waals surface area (Å²) in [6.45, 7) is 4.47. The van der Waals surface area contributed by atoms with Crippen LogP contribution in [0, 0.1) is 0 Å². The Kier molecular flexibility index (Phi) is 8.81. The Bertz CT molecular complexity index is 1940. The molecule has 0 spiro atoms. The average Bonchev–Trinajstić information content (AvgIpc) is 3.39. The number of fused-ring (bicyclic) bond motifs is 1. The second-order valence-corrected chi connectivity index (χ2v) is 10.4. The first-order valence-electron chi connectivity index (χ1n) is 13.3. The number of thiazole rings is 1. The molecule has 0 aliphatic heterocycles. The lowest BCUT2D eigenvalue weighted by Gasteiger charge is -2.15. The molecular weight excluding hydrogens is 588 g/mol. The molecule has 2 heterocycles. The summed E-state index contributed by atoms with van der Waals surface area (Å²) in [7, 11) is 6.03. The van der Waals surface area contributed by atoms with E-state index in [2.05, 4.69) is 16.9 Å². The maximum Gasteiger partial charge on any atom is 0.307 e. The molecule has 3 N–H and O–H groups in total. The highest BCUT2D eigenvalue weighted by Crippen LogP contribution is 2.39. The number of aromatic nitrogens is 1. The number of anilines is 1. The standard InChI is InChI=1S/C32H30N2O9S/c1-17(30-31(36)34-32(37)44-30)18-6-9-20(10-7-18)33-12-13-42-29-27(35)26-24(41-5)15-21(38-2)16-25(26)43-28(29)19-8-11-22(39-3)23(14-19)40-4/h6-11,14-16,33,36H,1,12-13H2,2-5H3,(H,34,37). The summed E-state index contributed by atoms with van der Waals surface area (Å²) in [6, 6.07) is 15.7. The van der Waals surface area contributed by atoms with E-state index in [1.54, 1.807) is 30.3 Å². The van der Waals surface area contributed by atoms with Gasteiger partial charge in [-0.2, -0.15) is 0 Å². The van der Waals surface area contributed by atoms with Gasteiger partial charge in [0.15, 0.2) is 17.3 Å². The second kappa shape index (κ2) is 12.9. The van der Waals surface area contributed by atoms with E-state index in [1.165, 1.54) is 28.4 Å². The molecule has 0 atom stereocenters. The summed E-state index contributed by atoms with van der Waals surface area (Å²) in [5.74, 6) is 1.73. The van der Waals surface area contributed by atoms with Crippen molar-refractivity contribution in [1.29, 1.82) is 0 Å². The number of hydrogen-bond acceptors (Lipinski definition) is 11. The number of hydrogen-bond donors (Lipinski definition) is 3. The van der Waals surface area contributed by atoms with Gasteiger partial charge in [-0.3, -0.25) is 14.6 Å². The predicted molar refractivity (Wildman–Crippen MR) is 169 cm³/mol. The number of rotatable bonds is 12. The summed E-state index contributed by atoms with van der Waals surface area (Å²) in [4.78, 5) is 27.8. The quantitative estimate of drug-likeness (QED) is 0.153. The molecule has 0 saturated carbocycles. The van der Waals surface area contributed by atoms with Crippen molar-refractivity contribution in [2.45, 2.75) is 0 Å². The van der Waals surface area contributed by atoms with Gasteiger partial charge in [-0.1, -0.05) is 30.0 Å². The number of H-pyrrole nitrogens is 1. The predicted octanol–water partition coefficient (Wildman–Crippen LogP) is 5.50. The Hall–Kier alpha value is -5.36. The normalized spacial score (nSPS) is 10.8. The van der Waals surface area contributed by atoms with Gasteiger partial charge in [0.1, 0.15) is 29.1 Å². The summed E-state index contributed by atoms with van der Waals surface area (Å²) in [5.41, 5.74) is 2.46. The highest BCUT2D eigenvalue weighted by atomic mass is 32.1. The van der Waals surface area contributed by atoms with Gasteiger partial charge in [0.25, 0.3) is 0 Å². The summed E-state index contributed by atoms with van der Waals surface area (Å²) < 4.78 is 34.0. The van der Waals surface area contributed by atoms with E-state index in [0.717, 1.165) is 22.6 Å². The number of ether oxygens (including phenoxy) is 5. The number of benzene rings is 3. The molecule has 228 valence electrons. The zero-order valence-corrected chi connectivity index (χ0v) is 25.3. The Morgan fingerprint density at radius 1 is 0.932 bits per heavy atom. The monoisotopic (exact) mass is 618 g/mol. The molecule has 0 fully saturated rings. The van der Waals surface area contributed by atoms with E-state index >= 15 is 0 Å². The molecule has 11 nitrogen and oxygen atoms in total. The van der Waals surface area contributed by atoms with Crippen LogP contribution in [0.1, 0.15) is 10.4 Å². The minimum atomic E-state index is -0.409. The van der Waals surface area contributed by atoms with Gasteiger partial charge < -0.3 is 38.5 Å². The molecule has 5 aromatic rings. The molecular formula is C32H30N2O9S. The summed E-state index contributed by atoms with van der Waals surface area (Å²) in [5, 5.41) is 13.4. The van der Waals surface area contributed by atoms with Crippen molar-refractivity contribution in [2.24, 2.45) is 0 Å². The van der Waals surface area contributed by atoms with Gasteiger partial charge >= 0.3 is 4.87 Å². The molecule has 2 aromatic heterocycles. The van der Waals surface area contributed by atoms with Crippen LogP contribution in [-0.4, -0.2) is 51.7 Å². The van der Waals surface area contributed by atoms with Crippen molar-refractivity contribution < 1.29 is 33.2 Å². The Labute approximate surface area is 255 Å². The lowest BCUT2D eigenvalue weighted by atomic mass is 10.1. The van der Waals surface area contributed by atoms with Crippen LogP contribution in [0.4, 0.5) is 5.69 Å². The largest absolute Gasteiger partial charge is 0.496 e. The average molecular weight is 619 g/mol. The third-order valence-electron chi connectivity index (χ3n) is 6.81. The molecule has 0 amide bonds. The summed E-state index contributed by atoms with van der Waals surface area (Å²) >= 11 is 0.892. The molecule has 5 rings (SSSR count). The van der Waals surface area contributed by atoms with Crippen LogP contribution in [0.2, 0.25) is 0 Å². The maximum absolute atomic E-state index is 13.9. The molecule has 0 aliphatic rings. The number of methoxy groups -OCH3 is 4. The van der Waals surface area contributed by atoms with Crippen LogP contribution in [0.25, 0.3) is 27.9 Å². The van der Waals surface area contributed by atoms with Crippen molar-refractivity contribution in [1.82, 2.24) is 4.98 Å². The zero-order chi connectivity index (χ0) is 31.4. The first kappa shape index (κ1) is 30.1. The van der Waals surface area contributed by atoms with Gasteiger partial charge in [0, 0.05) is 29.9 Å². The SMILES string of the molecule is C=C(c1ccc(NCCOc2c(-c3ccc(OC)c(OC)c3)oc3cc(OC)cc(OC)c3c2=O)cc1)c1sc(=O)[nH]c1O. The smallest absolute Gasteiger partial charge is 0.307 e. The topological polar surface area (TPSA) is 141 Å². The van der Waals surface area contributed by atoms with Crippen molar-refractivity contribution in [2.75, 3.05) is 46.9 Å². The lowest BCUT2D eigenvalue weighted by molar-refractivity contribution is 0.322. The number of aromatic amines is 1. The van der Waals surface area contributed by atoms with Crippen LogP contribution < -0.4 is 39.3 Å². The zero-order valence-electron chi connectivity index (χ0n) is 24.4. The van der Waals surface area contributed by atoms with E-state index in [0.29, 0.717) is 39.8 Å². The molecule has 44 heavy (non-hydrogen) atoms. The highest BCUT2D eigenvalue weighted by molar-refractivity contribution is 7.10. The molecule has 0 unspecified atom stereocenters. The Morgan fingerprint density at radius 2 is 1.66 bits per heavy atom. The van der Waals surface area contributed by atoms with E-state index in [4.69, 9.17) is 28.1 Å². The van der Waals surface area contributed by atoms with E-state index < -0.39 is 5.43 Å². The van der Waals surface area contributed by atoms with Crippen molar-refractivity contribution >= 4 is 33.6 Å². The molecule has 3 aromatic carbocycles. The van der Waals surface area contributed by atoms with E-state index in [1.807, 2.05) is 24.3 Å². The van der Waals surface area contributed by atoms with Crippen molar-refractivity contribution in [3.8, 4) is 46.0 Å². The number of nitrogens with one attached hydrogen (secondary N) is 2. The van der Waals surface area contributed by atoms with Crippen LogP contribution >= 0.6 is 11.3 Å². The van der Waals surface area contributed by atoms with E-state index in [9.17, 15) is 14.7 Å². The van der Waals surface area contributed by atoms with Crippen LogP contribution in [-0.2, 0) is 0 Å². The van der Waals surface area contributed by atoms with Gasteiger partial charge in [-0.15, -0.1) is 0 Å². The third kappa shape index (κ3) is 5.92. The van der Waals surface area contributed by atoms with Gasteiger partial charge in [-0.05, 0) is 41.5 Å². The minimum Gasteiger partial charge on any atom is -0.496 e. The first-order valence-corrected chi connectivity index (χ1v) is 14.1. The molecule has 0 radical (unpaired) electrons. The van der Waals surface area contributed by atoms with Crippen molar-refractivity contribution in [3.63, 3.8) is 0 Å². The van der Waals surface area contributed by atoms with Gasteiger partial charge in [-0.25, -0.2) is 0 Å². The second-order valence-electron chi connectivity index (χ2n) is 9.39. The number of aromatic hydroxyl groups is 1. The van der Waals surface area contributed by atoms with Crippen LogP contribution in [0.3, 0.4) is 0 Å². The maximum atomic E-state index is 13.9.